The lowest BCUT2D eigenvalue weighted by atomic mass is 10.2. The molecule has 0 heterocycles. The Morgan fingerprint density at radius 3 is 2.65 bits per heavy atom. The summed E-state index contributed by atoms with van der Waals surface area (Å²) in [6.45, 7) is 1.20. The minimum Gasteiger partial charge on any atom is -0.406 e. The topological polar surface area (TPSA) is 62.4 Å². The smallest absolute Gasteiger partial charge is 0.406 e. The highest BCUT2D eigenvalue weighted by atomic mass is 19.4. The Labute approximate surface area is 114 Å². The molecule has 0 unspecified atom stereocenters. The number of hydrogen-bond donors (Lipinski definition) is 3. The molecule has 5 nitrogen and oxygen atoms in total. The molecule has 2 amide bonds. The Balaban J connectivity index is 2.44. The zero-order valence-corrected chi connectivity index (χ0v) is 10.9. The predicted octanol–water partition coefficient (Wildman–Crippen LogP) is 1.60. The number of ether oxygens (including phenoxy) is 1. The zero-order valence-electron chi connectivity index (χ0n) is 10.9. The molecule has 0 saturated heterocycles. The van der Waals surface area contributed by atoms with Crippen LogP contribution in [-0.4, -0.2) is 32.5 Å². The summed E-state index contributed by atoms with van der Waals surface area (Å²) in [5, 5.41) is 7.98. The summed E-state index contributed by atoms with van der Waals surface area (Å²) in [6.07, 6.45) is -4.73. The highest BCUT2D eigenvalue weighted by molar-refractivity contribution is 5.73. The van der Waals surface area contributed by atoms with Gasteiger partial charge in [-0.3, -0.25) is 0 Å². The van der Waals surface area contributed by atoms with Crippen LogP contribution in [0.4, 0.5) is 18.0 Å². The van der Waals surface area contributed by atoms with Gasteiger partial charge in [-0.25, -0.2) is 4.79 Å². The molecule has 112 valence electrons. The standard InChI is InChI=1S/C12H16F3N3O2/c1-16-5-6-17-11(19)18-8-9-3-2-4-10(7-9)20-12(13,14)15/h2-4,7,16H,5-6,8H2,1H3,(H2,17,18,19). The third kappa shape index (κ3) is 6.83. The maximum atomic E-state index is 12.1. The van der Waals surface area contributed by atoms with Crippen LogP contribution in [0.5, 0.6) is 5.75 Å². The van der Waals surface area contributed by atoms with Crippen molar-refractivity contribution in [1.82, 2.24) is 16.0 Å². The average Bonchev–Trinajstić information content (AvgIpc) is 2.35. The van der Waals surface area contributed by atoms with Crippen molar-refractivity contribution in [3.8, 4) is 5.75 Å². The van der Waals surface area contributed by atoms with Gasteiger partial charge in [0.15, 0.2) is 0 Å². The minimum atomic E-state index is -4.73. The molecule has 0 atom stereocenters. The Bertz CT molecular complexity index is 438. The number of alkyl halides is 3. The number of carbonyl (C=O) groups is 1. The van der Waals surface area contributed by atoms with Crippen molar-refractivity contribution in [2.24, 2.45) is 0 Å². The van der Waals surface area contributed by atoms with Gasteiger partial charge in [0.05, 0.1) is 0 Å². The molecule has 0 aliphatic carbocycles. The van der Waals surface area contributed by atoms with E-state index >= 15 is 0 Å². The third-order valence-corrected chi connectivity index (χ3v) is 2.25. The Morgan fingerprint density at radius 2 is 2.00 bits per heavy atom. The molecule has 0 aliphatic heterocycles. The van der Waals surface area contributed by atoms with E-state index in [4.69, 9.17) is 0 Å². The number of likely N-dealkylation sites (N-methyl/N-ethyl adjacent to an activating group) is 1. The lowest BCUT2D eigenvalue weighted by molar-refractivity contribution is -0.274. The van der Waals surface area contributed by atoms with Crippen LogP contribution >= 0.6 is 0 Å². The summed E-state index contributed by atoms with van der Waals surface area (Å²) in [5.41, 5.74) is 0.510. The van der Waals surface area contributed by atoms with Gasteiger partial charge < -0.3 is 20.7 Å². The molecular weight excluding hydrogens is 275 g/mol. The van der Waals surface area contributed by atoms with Gasteiger partial charge in [0, 0.05) is 19.6 Å². The first-order valence-corrected chi connectivity index (χ1v) is 5.91. The summed E-state index contributed by atoms with van der Waals surface area (Å²) >= 11 is 0. The number of rotatable bonds is 6. The predicted molar refractivity (Wildman–Crippen MR) is 67.3 cm³/mol. The second-order valence-corrected chi connectivity index (χ2v) is 3.91. The Hall–Kier alpha value is -1.96. The zero-order chi connectivity index (χ0) is 15.0. The highest BCUT2D eigenvalue weighted by Gasteiger charge is 2.31. The molecule has 0 aromatic heterocycles. The molecule has 0 aliphatic rings. The first-order valence-electron chi connectivity index (χ1n) is 5.91. The van der Waals surface area contributed by atoms with E-state index in [0.717, 1.165) is 0 Å². The number of benzene rings is 1. The molecule has 1 rings (SSSR count). The van der Waals surface area contributed by atoms with E-state index in [1.165, 1.54) is 18.2 Å². The van der Waals surface area contributed by atoms with Crippen LogP contribution in [0.25, 0.3) is 0 Å². The minimum absolute atomic E-state index is 0.112. The van der Waals surface area contributed by atoms with Gasteiger partial charge in [-0.05, 0) is 24.7 Å². The maximum absolute atomic E-state index is 12.1. The number of hydrogen-bond acceptors (Lipinski definition) is 3. The van der Waals surface area contributed by atoms with Crippen molar-refractivity contribution >= 4 is 6.03 Å². The number of nitrogens with one attached hydrogen (secondary N) is 3. The molecule has 1 aromatic carbocycles. The number of amides is 2. The van der Waals surface area contributed by atoms with Crippen LogP contribution in [0.15, 0.2) is 24.3 Å². The van der Waals surface area contributed by atoms with Crippen molar-refractivity contribution < 1.29 is 22.7 Å². The van der Waals surface area contributed by atoms with Gasteiger partial charge in [-0.2, -0.15) is 0 Å². The fourth-order valence-electron chi connectivity index (χ4n) is 1.40. The summed E-state index contributed by atoms with van der Waals surface area (Å²) in [7, 11) is 1.76. The second kappa shape index (κ2) is 7.59. The summed E-state index contributed by atoms with van der Waals surface area (Å²) in [4.78, 5) is 11.3. The number of carbonyl (C=O) groups excluding carboxylic acids is 1. The fourth-order valence-corrected chi connectivity index (χ4v) is 1.40. The molecule has 0 fully saturated rings. The van der Waals surface area contributed by atoms with E-state index < -0.39 is 6.36 Å². The SMILES string of the molecule is CNCCNC(=O)NCc1cccc(OC(F)(F)F)c1. The largest absolute Gasteiger partial charge is 0.573 e. The van der Waals surface area contributed by atoms with Gasteiger partial charge in [0.25, 0.3) is 0 Å². The van der Waals surface area contributed by atoms with Crippen molar-refractivity contribution in [2.45, 2.75) is 12.9 Å². The molecule has 0 spiro atoms. The van der Waals surface area contributed by atoms with Gasteiger partial charge in [-0.1, -0.05) is 12.1 Å². The van der Waals surface area contributed by atoms with E-state index in [1.807, 2.05) is 0 Å². The van der Waals surface area contributed by atoms with Gasteiger partial charge in [-0.15, -0.1) is 13.2 Å². The lowest BCUT2D eigenvalue weighted by Crippen LogP contribution is -2.38. The number of urea groups is 1. The highest BCUT2D eigenvalue weighted by Crippen LogP contribution is 2.23. The Kier molecular flexibility index (Phi) is 6.10. The van der Waals surface area contributed by atoms with Gasteiger partial charge in [0.2, 0.25) is 0 Å². The summed E-state index contributed by atoms with van der Waals surface area (Å²) in [6, 6.07) is 5.06. The summed E-state index contributed by atoms with van der Waals surface area (Å²) in [5.74, 6) is -0.313. The summed E-state index contributed by atoms with van der Waals surface area (Å²) < 4.78 is 39.9. The van der Waals surface area contributed by atoms with Crippen molar-refractivity contribution in [1.29, 1.82) is 0 Å². The van der Waals surface area contributed by atoms with Crippen molar-refractivity contribution in [2.75, 3.05) is 20.1 Å². The van der Waals surface area contributed by atoms with E-state index in [1.54, 1.807) is 13.1 Å². The van der Waals surface area contributed by atoms with Crippen LogP contribution < -0.4 is 20.7 Å². The maximum Gasteiger partial charge on any atom is 0.573 e. The molecule has 0 saturated carbocycles. The normalized spacial score (nSPS) is 11.0. The van der Waals surface area contributed by atoms with E-state index in [0.29, 0.717) is 18.7 Å². The van der Waals surface area contributed by atoms with Gasteiger partial charge >= 0.3 is 12.4 Å². The molecule has 8 heteroatoms. The van der Waals surface area contributed by atoms with Crippen LogP contribution in [-0.2, 0) is 6.54 Å². The monoisotopic (exact) mass is 291 g/mol. The van der Waals surface area contributed by atoms with Crippen LogP contribution in [0.1, 0.15) is 5.56 Å². The number of halogens is 3. The third-order valence-electron chi connectivity index (χ3n) is 2.25. The molecule has 20 heavy (non-hydrogen) atoms. The first kappa shape index (κ1) is 16.1. The van der Waals surface area contributed by atoms with Crippen molar-refractivity contribution in [3.05, 3.63) is 29.8 Å². The van der Waals surface area contributed by atoms with Gasteiger partial charge in [0.1, 0.15) is 5.75 Å². The van der Waals surface area contributed by atoms with Crippen molar-refractivity contribution in [3.63, 3.8) is 0 Å². The molecular formula is C12H16F3N3O2. The van der Waals surface area contributed by atoms with E-state index in [9.17, 15) is 18.0 Å². The van der Waals surface area contributed by atoms with Crippen LogP contribution in [0.3, 0.4) is 0 Å². The Morgan fingerprint density at radius 1 is 1.25 bits per heavy atom. The van der Waals surface area contributed by atoms with Crippen LogP contribution in [0.2, 0.25) is 0 Å². The lowest BCUT2D eigenvalue weighted by Gasteiger charge is -2.11. The first-order chi connectivity index (χ1) is 9.40. The average molecular weight is 291 g/mol. The van der Waals surface area contributed by atoms with Crippen LogP contribution in [0, 0.1) is 0 Å². The second-order valence-electron chi connectivity index (χ2n) is 3.91. The molecule has 0 bridgehead atoms. The fraction of sp³-hybridized carbons (Fsp3) is 0.417. The quantitative estimate of drug-likeness (QED) is 0.698. The van der Waals surface area contributed by atoms with E-state index in [-0.39, 0.29) is 18.3 Å². The molecule has 3 N–H and O–H groups in total. The van der Waals surface area contributed by atoms with E-state index in [2.05, 4.69) is 20.7 Å². The molecule has 1 aromatic rings. The molecule has 0 radical (unpaired) electrons.